The molecule has 0 fully saturated rings. The molecule has 4 atom stereocenters. The van der Waals surface area contributed by atoms with Crippen molar-refractivity contribution in [1.29, 1.82) is 0 Å². The molecule has 0 aliphatic carbocycles. The molecule has 0 saturated carbocycles. The number of nitrogens with zero attached hydrogens (tertiary/aromatic N) is 2. The summed E-state index contributed by atoms with van der Waals surface area (Å²) in [6.07, 6.45) is -21.1. The van der Waals surface area contributed by atoms with Crippen LogP contribution in [0.3, 0.4) is 0 Å². The van der Waals surface area contributed by atoms with E-state index in [0.29, 0.717) is 28.6 Å². The average molecular weight is 1550 g/mol. The van der Waals surface area contributed by atoms with Crippen molar-refractivity contribution in [3.8, 4) is 63.2 Å². The molecule has 36 heteroatoms. The first-order valence-corrected chi connectivity index (χ1v) is 31.5. The summed E-state index contributed by atoms with van der Waals surface area (Å²) in [4.78, 5) is 48.8. The zero-order valence-corrected chi connectivity index (χ0v) is 56.9. The number of anilines is 4. The van der Waals surface area contributed by atoms with E-state index in [1.54, 1.807) is 72.4 Å². The zero-order valence-electron chi connectivity index (χ0n) is 55.3. The standard InChI is InChI=1S/C19H18F3NO5.C18H16F3NO5.C12H12F3NO4.C11H10F3NO4.C8H9BrO/c1-18(17(24)25)11-23(10-12-3-5-13(26-2)6-4-12)15-9-14(27-19(20,21)22)7-8-16(15)28-18;1-25-12-4-2-11(3-5-12)9-22-10-16(17(23)24)26-15-7-6-13(8-14(15)22)27-18(19,20)21;1-2-18-11(17)10-6-16-8-5-7(20-12(13,14)15)3-4-9(8)19-10;1-10(9(16)17)5-15-7-4-6(18-11(12,13)14)2-3-8(7)19-10;1-10-8-4-2-7(6-9)3-5-8/h3-9H,10-11H2,1-2H3,(H,24,25);2-8,16H,9-10H2,1H3,(H,23,24);3-5,10,16H,2,6H2,1H3;2-4,15H,5H2,1H3,(H,16,17);2-5H,6H2,1H3. The van der Waals surface area contributed by atoms with Gasteiger partial charge in [0.2, 0.25) is 23.4 Å². The number of alkyl halides is 13. The highest BCUT2D eigenvalue weighted by molar-refractivity contribution is 9.08. The van der Waals surface area contributed by atoms with Crippen LogP contribution in [0.5, 0.6) is 63.2 Å². The summed E-state index contributed by atoms with van der Waals surface area (Å²) in [5.74, 6) is -2.61. The summed E-state index contributed by atoms with van der Waals surface area (Å²) in [5, 5.41) is 34.2. The Morgan fingerprint density at radius 2 is 0.865 bits per heavy atom. The summed E-state index contributed by atoms with van der Waals surface area (Å²) in [6, 6.07) is 36.2. The number of ether oxygens (including phenoxy) is 12. The number of carbonyl (C=O) groups excluding carboxylic acids is 1. The average Bonchev–Trinajstić information content (AvgIpc) is 0.786. The van der Waals surface area contributed by atoms with Gasteiger partial charge in [0.05, 0.1) is 76.9 Å². The lowest BCUT2D eigenvalue weighted by molar-refractivity contribution is -0.275. The van der Waals surface area contributed by atoms with E-state index in [1.807, 2.05) is 24.3 Å². The third kappa shape index (κ3) is 23.8. The Labute approximate surface area is 592 Å². The minimum atomic E-state index is -4.83. The van der Waals surface area contributed by atoms with Gasteiger partial charge in [0, 0.05) is 42.7 Å². The maximum Gasteiger partial charge on any atom is 0.573 e. The molecule has 562 valence electrons. The number of aliphatic carboxylic acids is 3. The fourth-order valence-corrected chi connectivity index (χ4v) is 10.1. The lowest BCUT2D eigenvalue weighted by Crippen LogP contribution is -2.54. The van der Waals surface area contributed by atoms with Crippen molar-refractivity contribution < 1.29 is 144 Å². The first kappa shape index (κ1) is 80.4. The first-order valence-electron chi connectivity index (χ1n) is 30.4. The van der Waals surface area contributed by atoms with E-state index < -0.39 is 90.0 Å². The third-order valence-electron chi connectivity index (χ3n) is 14.7. The zero-order chi connectivity index (χ0) is 76.5. The number of carbonyl (C=O) groups is 4. The van der Waals surface area contributed by atoms with Gasteiger partial charge in [-0.05, 0) is 122 Å². The minimum Gasteiger partial charge on any atom is -0.497 e. The van der Waals surface area contributed by atoms with Crippen molar-refractivity contribution >= 4 is 62.6 Å². The summed E-state index contributed by atoms with van der Waals surface area (Å²) in [6.45, 7) is 5.18. The first-order chi connectivity index (χ1) is 48.8. The Morgan fingerprint density at radius 3 is 1.29 bits per heavy atom. The maximum atomic E-state index is 12.6. The van der Waals surface area contributed by atoms with E-state index in [-0.39, 0.29) is 80.3 Å². The van der Waals surface area contributed by atoms with Crippen molar-refractivity contribution in [3.05, 3.63) is 162 Å². The fraction of sp³-hybridized carbons (Fsp3) is 0.324. The molecule has 4 aliphatic rings. The number of nitrogens with one attached hydrogen (secondary N) is 2. The molecule has 0 spiro atoms. The van der Waals surface area contributed by atoms with Crippen LogP contribution in [0.15, 0.2) is 146 Å². The second kappa shape index (κ2) is 34.4. The summed E-state index contributed by atoms with van der Waals surface area (Å²) in [7, 11) is 4.74. The number of methoxy groups -OCH3 is 3. The third-order valence-corrected chi connectivity index (χ3v) is 15.3. The molecular formula is C68H65BrF12N4O19. The van der Waals surface area contributed by atoms with Gasteiger partial charge in [0.15, 0.2) is 0 Å². The van der Waals surface area contributed by atoms with Crippen LogP contribution < -0.4 is 72.5 Å². The Balaban J connectivity index is 0.000000187. The minimum absolute atomic E-state index is 0.0240. The molecule has 0 amide bonds. The number of hydrogen-bond donors (Lipinski definition) is 5. The van der Waals surface area contributed by atoms with Gasteiger partial charge in [-0.25, -0.2) is 19.2 Å². The fourth-order valence-electron chi connectivity index (χ4n) is 9.74. The number of halogens is 13. The highest BCUT2D eigenvalue weighted by Gasteiger charge is 2.44. The van der Waals surface area contributed by atoms with Crippen molar-refractivity contribution in [2.75, 3.05) is 74.5 Å². The van der Waals surface area contributed by atoms with Crippen LogP contribution >= 0.6 is 15.9 Å². The molecular weight excluding hydrogens is 1480 g/mol. The van der Waals surface area contributed by atoms with Gasteiger partial charge in [0.1, 0.15) is 63.2 Å². The molecule has 0 saturated heterocycles. The number of rotatable bonds is 17. The molecule has 4 aliphatic heterocycles. The Hall–Kier alpha value is -10.9. The number of fused-ring (bicyclic) bond motifs is 4. The van der Waals surface area contributed by atoms with Crippen LogP contribution in [0, 0.1) is 0 Å². The molecule has 23 nitrogen and oxygen atoms in total. The van der Waals surface area contributed by atoms with Gasteiger partial charge in [0.25, 0.3) is 0 Å². The monoisotopic (exact) mass is 1550 g/mol. The smallest absolute Gasteiger partial charge is 0.497 e. The van der Waals surface area contributed by atoms with E-state index in [9.17, 15) is 82.1 Å². The molecule has 0 aromatic heterocycles. The predicted octanol–water partition coefficient (Wildman–Crippen LogP) is 14.4. The second-order valence-corrected chi connectivity index (χ2v) is 23.1. The Morgan fingerprint density at radius 1 is 0.490 bits per heavy atom. The molecule has 0 bridgehead atoms. The van der Waals surface area contributed by atoms with E-state index >= 15 is 0 Å². The van der Waals surface area contributed by atoms with E-state index in [1.165, 1.54) is 70.0 Å². The number of hydrogen-bond acceptors (Lipinski definition) is 20. The van der Waals surface area contributed by atoms with Crippen LogP contribution in [0.2, 0.25) is 0 Å². The quantitative estimate of drug-likeness (QED) is 0.0322. The number of esters is 1. The van der Waals surface area contributed by atoms with Gasteiger partial charge in [-0.15, -0.1) is 52.7 Å². The molecule has 7 aromatic carbocycles. The van der Waals surface area contributed by atoms with Gasteiger partial charge >= 0.3 is 49.3 Å². The van der Waals surface area contributed by atoms with E-state index in [4.69, 9.17) is 43.0 Å². The van der Waals surface area contributed by atoms with Crippen LogP contribution in [-0.2, 0) is 42.3 Å². The van der Waals surface area contributed by atoms with Crippen molar-refractivity contribution in [3.63, 3.8) is 0 Å². The highest BCUT2D eigenvalue weighted by Crippen LogP contribution is 2.44. The van der Waals surface area contributed by atoms with E-state index in [0.717, 1.165) is 58.6 Å². The molecule has 0 radical (unpaired) electrons. The Bertz CT molecular complexity index is 4040. The topological polar surface area (TPSA) is 270 Å². The van der Waals surface area contributed by atoms with Gasteiger partial charge in [-0.3, -0.25) is 0 Å². The largest absolute Gasteiger partial charge is 0.573 e. The molecule has 4 heterocycles. The number of carboxylic acids is 3. The van der Waals surface area contributed by atoms with Gasteiger partial charge < -0.3 is 92.6 Å². The summed E-state index contributed by atoms with van der Waals surface area (Å²) in [5.41, 5.74) is 1.12. The number of carboxylic acid groups (broad SMARTS) is 3. The lowest BCUT2D eigenvalue weighted by atomic mass is 10.0. The molecule has 7 aromatic rings. The van der Waals surface area contributed by atoms with Gasteiger partial charge in [-0.1, -0.05) is 52.3 Å². The highest BCUT2D eigenvalue weighted by atomic mass is 79.9. The second-order valence-electron chi connectivity index (χ2n) is 22.5. The number of benzene rings is 7. The predicted molar refractivity (Wildman–Crippen MR) is 350 cm³/mol. The van der Waals surface area contributed by atoms with Crippen molar-refractivity contribution in [2.45, 2.75) is 88.1 Å². The van der Waals surface area contributed by atoms with Gasteiger partial charge in [-0.2, -0.15) is 0 Å². The molecule has 5 N–H and O–H groups in total. The van der Waals surface area contributed by atoms with E-state index in [2.05, 4.69) is 45.5 Å². The summed E-state index contributed by atoms with van der Waals surface area (Å²) < 4.78 is 205. The maximum absolute atomic E-state index is 12.6. The van der Waals surface area contributed by atoms with Crippen LogP contribution in [0.4, 0.5) is 75.4 Å². The molecule has 11 rings (SSSR count). The molecule has 4 unspecified atom stereocenters. The molecule has 104 heavy (non-hydrogen) atoms. The van der Waals surface area contributed by atoms with Crippen LogP contribution in [0.1, 0.15) is 37.5 Å². The van der Waals surface area contributed by atoms with Crippen LogP contribution in [0.25, 0.3) is 0 Å². The summed E-state index contributed by atoms with van der Waals surface area (Å²) >= 11 is 3.36. The normalized spacial score (nSPS) is 17.6. The Kier molecular flexibility index (Phi) is 26.6. The van der Waals surface area contributed by atoms with Crippen LogP contribution in [-0.4, -0.2) is 142 Å². The SMILES string of the molecule is CC1(C(=O)O)CNc2cc(OC(F)(F)F)ccc2O1.CCOC(=O)C1CNc2cc(OC(F)(F)F)ccc2O1.COc1ccc(CBr)cc1.COc1ccc(CN2CC(C(=O)O)Oc3ccc(OC(F)(F)F)cc32)cc1.COc1ccc(CN2CC(C)(C(=O)O)Oc3ccc(OC(F)(F)F)cc32)cc1. The van der Waals surface area contributed by atoms with Crippen molar-refractivity contribution in [1.82, 2.24) is 0 Å². The lowest BCUT2D eigenvalue weighted by Gasteiger charge is -2.40. The van der Waals surface area contributed by atoms with Crippen molar-refractivity contribution in [2.24, 2.45) is 0 Å².